The third-order valence-corrected chi connectivity index (χ3v) is 3.05. The van der Waals surface area contributed by atoms with Crippen molar-refractivity contribution in [3.05, 3.63) is 56.0 Å². The monoisotopic (exact) mass is 345 g/mol. The second-order valence-corrected chi connectivity index (χ2v) is 4.68. The molecule has 0 aliphatic heterocycles. The van der Waals surface area contributed by atoms with E-state index in [-0.39, 0.29) is 17.9 Å². The van der Waals surface area contributed by atoms with Crippen molar-refractivity contribution in [2.75, 3.05) is 5.73 Å². The average molecular weight is 345 g/mol. The van der Waals surface area contributed by atoms with Gasteiger partial charge in [-0.05, 0) is 40.3 Å². The normalized spacial score (nSPS) is 10.5. The Morgan fingerprint density at radius 3 is 2.94 bits per heavy atom. The topological polar surface area (TPSA) is 60.9 Å². The van der Waals surface area contributed by atoms with Crippen molar-refractivity contribution in [1.29, 1.82) is 0 Å². The molecule has 0 unspecified atom stereocenters. The summed E-state index contributed by atoms with van der Waals surface area (Å²) >= 11 is 1.92. The van der Waals surface area contributed by atoms with Crippen LogP contribution in [0.2, 0.25) is 0 Å². The van der Waals surface area contributed by atoms with Gasteiger partial charge in [0.2, 0.25) is 0 Å². The summed E-state index contributed by atoms with van der Waals surface area (Å²) in [4.78, 5) is 15.7. The van der Waals surface area contributed by atoms with Crippen LogP contribution in [0.5, 0.6) is 0 Å². The van der Waals surface area contributed by atoms with E-state index in [1.165, 1.54) is 29.2 Å². The molecule has 0 radical (unpaired) electrons. The highest BCUT2D eigenvalue weighted by molar-refractivity contribution is 14.1. The zero-order valence-corrected chi connectivity index (χ0v) is 10.9. The molecule has 0 spiro atoms. The molecule has 0 fully saturated rings. The van der Waals surface area contributed by atoms with E-state index in [2.05, 4.69) is 4.98 Å². The lowest BCUT2D eigenvalue weighted by Crippen LogP contribution is -2.23. The first kappa shape index (κ1) is 12.0. The van der Waals surface area contributed by atoms with Gasteiger partial charge >= 0.3 is 0 Å². The molecule has 0 atom stereocenters. The molecular weight excluding hydrogens is 336 g/mol. The van der Waals surface area contributed by atoms with Crippen molar-refractivity contribution in [2.24, 2.45) is 0 Å². The Morgan fingerprint density at radius 1 is 1.47 bits per heavy atom. The molecule has 6 heteroatoms. The van der Waals surface area contributed by atoms with E-state index in [1.807, 2.05) is 22.6 Å². The highest BCUT2D eigenvalue weighted by atomic mass is 127. The molecule has 1 aromatic heterocycles. The number of benzene rings is 1. The molecule has 0 saturated heterocycles. The number of hydrogen-bond acceptors (Lipinski definition) is 3. The van der Waals surface area contributed by atoms with Crippen LogP contribution in [0.1, 0.15) is 5.56 Å². The molecule has 0 amide bonds. The fourth-order valence-corrected chi connectivity index (χ4v) is 1.90. The Hall–Kier alpha value is -1.44. The molecule has 1 heterocycles. The van der Waals surface area contributed by atoms with Gasteiger partial charge in [-0.2, -0.15) is 0 Å². The number of nitrogens with two attached hydrogens (primary N) is 1. The Balaban J connectivity index is 2.38. The van der Waals surface area contributed by atoms with Gasteiger partial charge in [0.15, 0.2) is 0 Å². The molecule has 1 aromatic carbocycles. The Bertz CT molecular complexity index is 612. The second-order valence-electron chi connectivity index (χ2n) is 3.52. The molecular formula is C11H9FIN3O. The Labute approximate surface area is 110 Å². The fraction of sp³-hybridized carbons (Fsp3) is 0.0909. The number of nitrogens with zero attached hydrogens (tertiary/aromatic N) is 2. The molecule has 17 heavy (non-hydrogen) atoms. The summed E-state index contributed by atoms with van der Waals surface area (Å²) in [6.07, 6.45) is 2.93. The van der Waals surface area contributed by atoms with E-state index >= 15 is 0 Å². The van der Waals surface area contributed by atoms with Crippen LogP contribution in [0, 0.1) is 9.39 Å². The predicted octanol–water partition coefficient (Wildman–Crippen LogP) is 1.62. The van der Waals surface area contributed by atoms with E-state index in [9.17, 15) is 9.18 Å². The number of hydrogen-bond donors (Lipinski definition) is 1. The van der Waals surface area contributed by atoms with Crippen LogP contribution in [-0.2, 0) is 6.54 Å². The SMILES string of the molecule is Nc1cc(F)ccc1Cn1cncc(I)c1=O. The van der Waals surface area contributed by atoms with E-state index in [4.69, 9.17) is 5.73 Å². The van der Waals surface area contributed by atoms with Crippen molar-refractivity contribution in [1.82, 2.24) is 9.55 Å². The number of halogens is 2. The predicted molar refractivity (Wildman–Crippen MR) is 71.1 cm³/mol. The van der Waals surface area contributed by atoms with E-state index in [1.54, 1.807) is 6.07 Å². The summed E-state index contributed by atoms with van der Waals surface area (Å²) in [5.41, 5.74) is 6.57. The van der Waals surface area contributed by atoms with Crippen LogP contribution in [-0.4, -0.2) is 9.55 Å². The standard InChI is InChI=1S/C11H9FIN3O/c12-8-2-1-7(10(14)3-8)5-16-6-15-4-9(13)11(16)17/h1-4,6H,5,14H2. The molecule has 0 aliphatic carbocycles. The highest BCUT2D eigenvalue weighted by Gasteiger charge is 2.05. The van der Waals surface area contributed by atoms with Crippen molar-refractivity contribution < 1.29 is 4.39 Å². The van der Waals surface area contributed by atoms with Crippen LogP contribution < -0.4 is 11.3 Å². The molecule has 88 valence electrons. The van der Waals surface area contributed by atoms with Gasteiger partial charge in [-0.15, -0.1) is 0 Å². The van der Waals surface area contributed by atoms with Gasteiger partial charge in [0.1, 0.15) is 5.82 Å². The lowest BCUT2D eigenvalue weighted by atomic mass is 10.2. The summed E-state index contributed by atoms with van der Waals surface area (Å²) in [5.74, 6) is -0.389. The first-order chi connectivity index (χ1) is 8.08. The molecule has 4 nitrogen and oxygen atoms in total. The average Bonchev–Trinajstić information content (AvgIpc) is 2.28. The van der Waals surface area contributed by atoms with Crippen LogP contribution >= 0.6 is 22.6 Å². The van der Waals surface area contributed by atoms with Gasteiger partial charge < -0.3 is 5.73 Å². The van der Waals surface area contributed by atoms with Crippen LogP contribution in [0.4, 0.5) is 10.1 Å². The van der Waals surface area contributed by atoms with Crippen LogP contribution in [0.25, 0.3) is 0 Å². The molecule has 2 aromatic rings. The molecule has 0 saturated carbocycles. The van der Waals surface area contributed by atoms with Crippen molar-refractivity contribution in [2.45, 2.75) is 6.54 Å². The van der Waals surface area contributed by atoms with Crippen molar-refractivity contribution >= 4 is 28.3 Å². The lowest BCUT2D eigenvalue weighted by Gasteiger charge is -2.08. The largest absolute Gasteiger partial charge is 0.398 e. The van der Waals surface area contributed by atoms with Crippen molar-refractivity contribution in [3.8, 4) is 0 Å². The minimum absolute atomic E-state index is 0.135. The van der Waals surface area contributed by atoms with E-state index in [0.717, 1.165) is 0 Å². The number of rotatable bonds is 2. The summed E-state index contributed by atoms with van der Waals surface area (Å²) < 4.78 is 14.8. The van der Waals surface area contributed by atoms with Crippen LogP contribution in [0.3, 0.4) is 0 Å². The van der Waals surface area contributed by atoms with Gasteiger partial charge in [-0.3, -0.25) is 9.36 Å². The zero-order valence-electron chi connectivity index (χ0n) is 8.73. The minimum Gasteiger partial charge on any atom is -0.398 e. The quantitative estimate of drug-likeness (QED) is 0.665. The van der Waals surface area contributed by atoms with E-state index in [0.29, 0.717) is 14.8 Å². The smallest absolute Gasteiger partial charge is 0.267 e. The molecule has 0 bridgehead atoms. The number of aromatic nitrogens is 2. The maximum Gasteiger partial charge on any atom is 0.267 e. The maximum atomic E-state index is 12.9. The summed E-state index contributed by atoms with van der Waals surface area (Å²) in [6, 6.07) is 4.12. The molecule has 2 N–H and O–H groups in total. The number of nitrogen functional groups attached to an aromatic ring is 1. The number of anilines is 1. The van der Waals surface area contributed by atoms with Gasteiger partial charge in [-0.25, -0.2) is 9.37 Å². The van der Waals surface area contributed by atoms with Gasteiger partial charge in [-0.1, -0.05) is 6.07 Å². The Morgan fingerprint density at radius 2 is 2.24 bits per heavy atom. The molecule has 0 aliphatic rings. The molecule has 2 rings (SSSR count). The van der Waals surface area contributed by atoms with Gasteiger partial charge in [0.25, 0.3) is 5.56 Å². The first-order valence-electron chi connectivity index (χ1n) is 4.82. The summed E-state index contributed by atoms with van der Waals surface area (Å²) in [5, 5.41) is 0. The second kappa shape index (κ2) is 4.82. The van der Waals surface area contributed by atoms with Gasteiger partial charge in [0, 0.05) is 11.9 Å². The zero-order chi connectivity index (χ0) is 12.4. The third kappa shape index (κ3) is 2.63. The highest BCUT2D eigenvalue weighted by Crippen LogP contribution is 2.14. The first-order valence-corrected chi connectivity index (χ1v) is 5.89. The van der Waals surface area contributed by atoms with Crippen molar-refractivity contribution in [3.63, 3.8) is 0 Å². The summed E-state index contributed by atoms with van der Waals surface area (Å²) in [6.45, 7) is 0.286. The minimum atomic E-state index is -0.389. The lowest BCUT2D eigenvalue weighted by molar-refractivity contribution is 0.626. The fourth-order valence-electron chi connectivity index (χ4n) is 1.43. The van der Waals surface area contributed by atoms with Gasteiger partial charge in [0.05, 0.1) is 16.4 Å². The Kier molecular flexibility index (Phi) is 3.41. The third-order valence-electron chi connectivity index (χ3n) is 2.31. The summed E-state index contributed by atoms with van der Waals surface area (Å²) in [7, 11) is 0. The maximum absolute atomic E-state index is 12.9. The van der Waals surface area contributed by atoms with Crippen LogP contribution in [0.15, 0.2) is 35.5 Å². The van der Waals surface area contributed by atoms with E-state index < -0.39 is 0 Å².